The fraction of sp³-hybridized carbons (Fsp3) is 0.778. The van der Waals surface area contributed by atoms with E-state index in [1.54, 1.807) is 6.08 Å². The van der Waals surface area contributed by atoms with Gasteiger partial charge in [-0.15, -0.1) is 0 Å². The molecule has 1 heterocycles. The van der Waals surface area contributed by atoms with E-state index in [1.807, 2.05) is 54.5 Å². The normalized spacial score (nSPS) is 27.2. The third-order valence-corrected chi connectivity index (χ3v) is 4.49. The largest absolute Gasteiger partial charge is 1.00 e. The van der Waals surface area contributed by atoms with Crippen molar-refractivity contribution in [3.63, 3.8) is 0 Å². The van der Waals surface area contributed by atoms with E-state index >= 15 is 0 Å². The van der Waals surface area contributed by atoms with Gasteiger partial charge in [0.05, 0.1) is 12.2 Å². The molecule has 6 heteroatoms. The van der Waals surface area contributed by atoms with Crippen LogP contribution in [0.25, 0.3) is 5.32 Å². The van der Waals surface area contributed by atoms with Gasteiger partial charge in [-0.3, -0.25) is 4.79 Å². The first kappa shape index (κ1) is 23.3. The van der Waals surface area contributed by atoms with Gasteiger partial charge in [0.15, 0.2) is 0 Å². The van der Waals surface area contributed by atoms with Gasteiger partial charge < -0.3 is 20.0 Å². The second kappa shape index (κ2) is 8.09. The number of aldehydes is 1. The Balaban J connectivity index is 0.00000529. The summed E-state index contributed by atoms with van der Waals surface area (Å²) >= 11 is 0. The summed E-state index contributed by atoms with van der Waals surface area (Å²) in [6, 6.07) is 0. The number of rotatable bonds is 5. The van der Waals surface area contributed by atoms with Crippen LogP contribution in [0.4, 0.5) is 4.79 Å². The Kier molecular flexibility index (Phi) is 7.85. The van der Waals surface area contributed by atoms with Crippen LogP contribution in [-0.2, 0) is 29.0 Å². The van der Waals surface area contributed by atoms with E-state index < -0.39 is 29.3 Å². The van der Waals surface area contributed by atoms with E-state index in [1.165, 1.54) is 0 Å². The van der Waals surface area contributed by atoms with Crippen LogP contribution in [0.5, 0.6) is 0 Å². The molecule has 3 unspecified atom stereocenters. The Bertz CT molecular complexity index is 478. The SMILES string of the molecule is C[C@@H](C(O)/C=C/C(C)(C)C)C1OC(=O)[N-]C1(CC=O)C(C)(C)C.[Ru+]. The zero-order valence-electron chi connectivity index (χ0n) is 15.6. The number of hydrogen-bond acceptors (Lipinski definition) is 4. The molecule has 0 aliphatic carbocycles. The van der Waals surface area contributed by atoms with Crippen molar-refractivity contribution < 1.29 is 38.9 Å². The van der Waals surface area contributed by atoms with Gasteiger partial charge in [0.25, 0.3) is 0 Å². The molecular weight excluding hydrogens is 395 g/mol. The summed E-state index contributed by atoms with van der Waals surface area (Å²) in [5.41, 5.74) is -1.46. The van der Waals surface area contributed by atoms with E-state index in [-0.39, 0.29) is 37.2 Å². The van der Waals surface area contributed by atoms with Crippen LogP contribution in [0.2, 0.25) is 0 Å². The van der Waals surface area contributed by atoms with Crippen LogP contribution in [0.15, 0.2) is 12.2 Å². The number of aliphatic hydroxyl groups is 1. The maximum atomic E-state index is 11.8. The monoisotopic (exact) mass is 426 g/mol. The first-order valence-corrected chi connectivity index (χ1v) is 8.08. The molecule has 1 amide bonds. The summed E-state index contributed by atoms with van der Waals surface area (Å²) < 4.78 is 5.41. The van der Waals surface area contributed by atoms with Gasteiger partial charge in [-0.05, 0) is 17.3 Å². The predicted octanol–water partition coefficient (Wildman–Crippen LogP) is 3.85. The number of carbonyl (C=O) groups is 2. The number of allylic oxidation sites excluding steroid dienone is 1. The average molecular weight is 426 g/mol. The standard InChI is InChI=1S/C18H31NO4.Ru/c1-12(13(21)8-9-16(2,3)4)14-18(10-11-20,17(5,6)7)19-15(22)23-14;/h8-9,11-14,21H,10H2,1-7H3,(H,19,22);/q;+1/p-1/b9-8+;/t12-,13?,14?,18?;/m0./s1. The van der Waals surface area contributed by atoms with E-state index in [0.29, 0.717) is 0 Å². The number of aliphatic hydroxyl groups excluding tert-OH is 1. The summed E-state index contributed by atoms with van der Waals surface area (Å²) in [7, 11) is 0. The van der Waals surface area contributed by atoms with E-state index in [4.69, 9.17) is 4.74 Å². The summed E-state index contributed by atoms with van der Waals surface area (Å²) in [6.07, 6.45) is 2.44. The first-order valence-electron chi connectivity index (χ1n) is 8.08. The summed E-state index contributed by atoms with van der Waals surface area (Å²) in [5, 5.41) is 14.6. The Morgan fingerprint density at radius 1 is 1.29 bits per heavy atom. The van der Waals surface area contributed by atoms with Gasteiger partial charge in [0.1, 0.15) is 6.29 Å². The smallest absolute Gasteiger partial charge is 0.608 e. The van der Waals surface area contributed by atoms with Gasteiger partial charge in [-0.2, -0.15) is 0 Å². The molecule has 0 aromatic carbocycles. The number of nitrogens with zero attached hydrogens (tertiary/aromatic N) is 1. The van der Waals surface area contributed by atoms with Crippen LogP contribution >= 0.6 is 0 Å². The number of amides is 1. The number of hydrogen-bond donors (Lipinski definition) is 1. The van der Waals surface area contributed by atoms with Gasteiger partial charge in [-0.25, -0.2) is 0 Å². The molecule has 1 rings (SSSR count). The van der Waals surface area contributed by atoms with Gasteiger partial charge in [0.2, 0.25) is 6.09 Å². The molecule has 0 spiro atoms. The van der Waals surface area contributed by atoms with Crippen molar-refractivity contribution in [3.05, 3.63) is 17.5 Å². The molecule has 24 heavy (non-hydrogen) atoms. The maximum Gasteiger partial charge on any atom is 1.00 e. The molecular formula is C18H30NO4Ru. The van der Waals surface area contributed by atoms with Crippen molar-refractivity contribution in [1.29, 1.82) is 0 Å². The van der Waals surface area contributed by atoms with Crippen LogP contribution in [-0.4, -0.2) is 35.2 Å². The van der Waals surface area contributed by atoms with E-state index in [0.717, 1.165) is 6.29 Å². The van der Waals surface area contributed by atoms with Crippen LogP contribution < -0.4 is 0 Å². The van der Waals surface area contributed by atoms with Gasteiger partial charge in [-0.1, -0.05) is 66.2 Å². The third kappa shape index (κ3) is 5.13. The second-order valence-corrected chi connectivity index (χ2v) is 8.54. The molecule has 1 radical (unpaired) electrons. The van der Waals surface area contributed by atoms with Crippen LogP contribution in [0.3, 0.4) is 0 Å². The molecule has 0 aromatic rings. The van der Waals surface area contributed by atoms with Crippen LogP contribution in [0.1, 0.15) is 54.9 Å². The number of cyclic esters (lactones) is 1. The van der Waals surface area contributed by atoms with Crippen LogP contribution in [0, 0.1) is 16.7 Å². The Labute approximate surface area is 158 Å². The summed E-state index contributed by atoms with van der Waals surface area (Å²) in [5.74, 6) is -0.372. The zero-order chi connectivity index (χ0) is 18.1. The minimum Gasteiger partial charge on any atom is -0.608 e. The maximum absolute atomic E-state index is 11.8. The van der Waals surface area contributed by atoms with Crippen molar-refractivity contribution >= 4 is 12.4 Å². The van der Waals surface area contributed by atoms with Crippen molar-refractivity contribution in [3.8, 4) is 0 Å². The second-order valence-electron chi connectivity index (χ2n) is 8.54. The molecule has 4 atom stereocenters. The summed E-state index contributed by atoms with van der Waals surface area (Å²) in [6.45, 7) is 13.7. The molecule has 1 aliphatic heterocycles. The quantitative estimate of drug-likeness (QED) is 0.412. The fourth-order valence-corrected chi connectivity index (χ4v) is 2.93. The fourth-order valence-electron chi connectivity index (χ4n) is 2.93. The minimum atomic E-state index is -0.957. The van der Waals surface area contributed by atoms with Crippen molar-refractivity contribution in [1.82, 2.24) is 0 Å². The Hall–Kier alpha value is -0.737. The van der Waals surface area contributed by atoms with Crippen molar-refractivity contribution in [2.75, 3.05) is 0 Å². The molecule has 5 nitrogen and oxygen atoms in total. The van der Waals surface area contributed by atoms with E-state index in [9.17, 15) is 14.7 Å². The topological polar surface area (TPSA) is 77.7 Å². The molecule has 1 fully saturated rings. The number of carbonyl (C=O) groups excluding carboxylic acids is 2. The Morgan fingerprint density at radius 2 is 1.83 bits per heavy atom. The minimum absolute atomic E-state index is 0. The molecule has 0 bridgehead atoms. The van der Waals surface area contributed by atoms with Crippen molar-refractivity contribution in [2.24, 2.45) is 16.7 Å². The molecule has 0 aromatic heterocycles. The molecule has 1 aliphatic rings. The molecule has 1 N–H and O–H groups in total. The summed E-state index contributed by atoms with van der Waals surface area (Å²) in [4.78, 5) is 23.0. The predicted molar refractivity (Wildman–Crippen MR) is 90.3 cm³/mol. The Morgan fingerprint density at radius 3 is 2.25 bits per heavy atom. The average Bonchev–Trinajstić information content (AvgIpc) is 2.72. The molecule has 1 saturated heterocycles. The molecule has 139 valence electrons. The third-order valence-electron chi connectivity index (χ3n) is 4.49. The van der Waals surface area contributed by atoms with Crippen molar-refractivity contribution in [2.45, 2.75) is 72.6 Å². The number of ether oxygens (including phenoxy) is 1. The van der Waals surface area contributed by atoms with Gasteiger partial charge >= 0.3 is 19.5 Å². The first-order chi connectivity index (χ1) is 10.3. The van der Waals surface area contributed by atoms with Gasteiger partial charge in [0, 0.05) is 5.92 Å². The zero-order valence-corrected chi connectivity index (χ0v) is 17.4. The van der Waals surface area contributed by atoms with E-state index in [2.05, 4.69) is 5.32 Å². The molecule has 0 saturated carbocycles.